The van der Waals surface area contributed by atoms with Gasteiger partial charge in [0, 0.05) is 30.7 Å². The number of hydrogen-bond donors (Lipinski definition) is 1. The van der Waals surface area contributed by atoms with E-state index in [1.165, 1.54) is 18.2 Å². The third kappa shape index (κ3) is 2.07. The lowest BCUT2D eigenvalue weighted by Gasteiger charge is -2.35. The molecule has 2 atom stereocenters. The Morgan fingerprint density at radius 3 is 2.58 bits per heavy atom. The van der Waals surface area contributed by atoms with Crippen LogP contribution in [-0.2, 0) is 6.54 Å². The second kappa shape index (κ2) is 4.53. The van der Waals surface area contributed by atoms with Gasteiger partial charge >= 0.3 is 0 Å². The van der Waals surface area contributed by atoms with Gasteiger partial charge in [-0.05, 0) is 44.4 Å². The molecule has 2 aliphatic rings. The van der Waals surface area contributed by atoms with Crippen molar-refractivity contribution in [3.8, 4) is 0 Å². The van der Waals surface area contributed by atoms with E-state index < -0.39 is 11.6 Å². The van der Waals surface area contributed by atoms with Crippen molar-refractivity contribution in [3.05, 3.63) is 35.4 Å². The number of rotatable bonds is 2. The summed E-state index contributed by atoms with van der Waals surface area (Å²) in [5.41, 5.74) is 0.187. The van der Waals surface area contributed by atoms with Gasteiger partial charge in [0.15, 0.2) is 0 Å². The van der Waals surface area contributed by atoms with Crippen molar-refractivity contribution < 1.29 is 8.78 Å². The van der Waals surface area contributed by atoms with E-state index in [2.05, 4.69) is 24.1 Å². The Balaban J connectivity index is 1.84. The number of fused-ring (bicyclic) bond motifs is 1. The molecule has 2 unspecified atom stereocenters. The Morgan fingerprint density at radius 2 is 1.95 bits per heavy atom. The summed E-state index contributed by atoms with van der Waals surface area (Å²) in [5.74, 6) is 0.295. The van der Waals surface area contributed by atoms with Crippen LogP contribution in [0.2, 0.25) is 0 Å². The maximum absolute atomic E-state index is 13.8. The van der Waals surface area contributed by atoms with Gasteiger partial charge < -0.3 is 5.32 Å². The summed E-state index contributed by atoms with van der Waals surface area (Å²) in [6.45, 7) is 7.67. The molecule has 2 heterocycles. The summed E-state index contributed by atoms with van der Waals surface area (Å²) in [7, 11) is 0. The van der Waals surface area contributed by atoms with Gasteiger partial charge in [-0.3, -0.25) is 4.90 Å². The van der Waals surface area contributed by atoms with Crippen LogP contribution in [0.1, 0.15) is 19.4 Å². The Labute approximate surface area is 112 Å². The average molecular weight is 266 g/mol. The first-order chi connectivity index (χ1) is 9.00. The molecule has 1 N–H and O–H groups in total. The number of nitrogens with one attached hydrogen (secondary N) is 1. The molecule has 3 rings (SSSR count). The summed E-state index contributed by atoms with van der Waals surface area (Å²) < 4.78 is 27.5. The fourth-order valence-electron chi connectivity index (χ4n) is 3.65. The molecule has 0 saturated carbocycles. The SMILES string of the molecule is CC1(C)C2CNCC2CN1Cc1c(F)cccc1F. The van der Waals surface area contributed by atoms with E-state index in [0.717, 1.165) is 19.6 Å². The topological polar surface area (TPSA) is 15.3 Å². The van der Waals surface area contributed by atoms with Crippen LogP contribution in [0.25, 0.3) is 0 Å². The van der Waals surface area contributed by atoms with Gasteiger partial charge in [0.25, 0.3) is 0 Å². The van der Waals surface area contributed by atoms with E-state index >= 15 is 0 Å². The maximum Gasteiger partial charge on any atom is 0.130 e. The Morgan fingerprint density at radius 1 is 1.26 bits per heavy atom. The molecule has 2 aliphatic heterocycles. The van der Waals surface area contributed by atoms with Gasteiger partial charge in [0.05, 0.1) is 0 Å². The summed E-state index contributed by atoms with van der Waals surface area (Å²) in [6, 6.07) is 4.09. The second-order valence-electron chi connectivity index (χ2n) is 6.26. The van der Waals surface area contributed by atoms with Crippen molar-refractivity contribution in [2.75, 3.05) is 19.6 Å². The molecule has 0 aromatic heterocycles. The maximum atomic E-state index is 13.8. The van der Waals surface area contributed by atoms with Gasteiger partial charge in [-0.15, -0.1) is 0 Å². The monoisotopic (exact) mass is 266 g/mol. The fourth-order valence-corrected chi connectivity index (χ4v) is 3.65. The summed E-state index contributed by atoms with van der Waals surface area (Å²) in [6.07, 6.45) is 0. The van der Waals surface area contributed by atoms with Crippen molar-refractivity contribution in [2.24, 2.45) is 11.8 Å². The summed E-state index contributed by atoms with van der Waals surface area (Å²) in [4.78, 5) is 2.23. The third-order valence-electron chi connectivity index (χ3n) is 4.93. The minimum absolute atomic E-state index is 0.0110. The number of hydrogen-bond acceptors (Lipinski definition) is 2. The van der Waals surface area contributed by atoms with Gasteiger partial charge in [0.1, 0.15) is 11.6 Å². The van der Waals surface area contributed by atoms with E-state index in [-0.39, 0.29) is 11.1 Å². The quantitative estimate of drug-likeness (QED) is 0.884. The van der Waals surface area contributed by atoms with Crippen LogP contribution in [-0.4, -0.2) is 30.1 Å². The van der Waals surface area contributed by atoms with Gasteiger partial charge in [0.2, 0.25) is 0 Å². The zero-order valence-electron chi connectivity index (χ0n) is 11.4. The third-order valence-corrected chi connectivity index (χ3v) is 4.93. The fraction of sp³-hybridized carbons (Fsp3) is 0.600. The predicted octanol–water partition coefficient (Wildman–Crippen LogP) is 2.39. The lowest BCUT2D eigenvalue weighted by molar-refractivity contribution is 0.129. The Kier molecular flexibility index (Phi) is 3.10. The smallest absolute Gasteiger partial charge is 0.130 e. The minimum atomic E-state index is -0.439. The molecular formula is C15H20F2N2. The predicted molar refractivity (Wildman–Crippen MR) is 70.7 cm³/mol. The standard InChI is InChI=1S/C15H20F2N2/c1-15(2)12-7-18-6-10(12)8-19(15)9-11-13(16)4-3-5-14(11)17/h3-5,10,12,18H,6-9H2,1-2H3. The molecule has 0 radical (unpaired) electrons. The summed E-state index contributed by atoms with van der Waals surface area (Å²) in [5, 5.41) is 3.41. The molecule has 2 fully saturated rings. The molecule has 1 aromatic carbocycles. The van der Waals surface area contributed by atoms with Gasteiger partial charge in [-0.25, -0.2) is 8.78 Å². The van der Waals surface area contributed by atoms with Crippen LogP contribution in [0, 0.1) is 23.5 Å². The molecular weight excluding hydrogens is 246 g/mol. The first-order valence-corrected chi connectivity index (χ1v) is 6.89. The molecule has 0 spiro atoms. The highest BCUT2D eigenvalue weighted by Crippen LogP contribution is 2.41. The van der Waals surface area contributed by atoms with Crippen LogP contribution < -0.4 is 5.32 Å². The first kappa shape index (κ1) is 13.0. The van der Waals surface area contributed by atoms with E-state index in [0.29, 0.717) is 18.4 Å². The Hall–Kier alpha value is -1.00. The van der Waals surface area contributed by atoms with Crippen molar-refractivity contribution in [2.45, 2.75) is 25.9 Å². The van der Waals surface area contributed by atoms with Crippen LogP contribution in [0.4, 0.5) is 8.78 Å². The van der Waals surface area contributed by atoms with E-state index in [4.69, 9.17) is 0 Å². The molecule has 0 amide bonds. The highest BCUT2D eigenvalue weighted by atomic mass is 19.1. The van der Waals surface area contributed by atoms with Crippen molar-refractivity contribution in [3.63, 3.8) is 0 Å². The van der Waals surface area contributed by atoms with E-state index in [9.17, 15) is 8.78 Å². The largest absolute Gasteiger partial charge is 0.316 e. The van der Waals surface area contributed by atoms with Crippen LogP contribution in [0.5, 0.6) is 0 Å². The molecule has 1 aromatic rings. The van der Waals surface area contributed by atoms with Crippen molar-refractivity contribution in [1.29, 1.82) is 0 Å². The average Bonchev–Trinajstić information content (AvgIpc) is 2.88. The molecule has 4 heteroatoms. The molecule has 0 bridgehead atoms. The van der Waals surface area contributed by atoms with Gasteiger partial charge in [-0.1, -0.05) is 6.07 Å². The molecule has 104 valence electrons. The highest BCUT2D eigenvalue weighted by molar-refractivity contribution is 5.20. The lowest BCUT2D eigenvalue weighted by Crippen LogP contribution is -2.44. The molecule has 0 aliphatic carbocycles. The lowest BCUT2D eigenvalue weighted by atomic mass is 9.85. The van der Waals surface area contributed by atoms with Crippen molar-refractivity contribution in [1.82, 2.24) is 10.2 Å². The number of nitrogens with zero attached hydrogens (tertiary/aromatic N) is 1. The van der Waals surface area contributed by atoms with E-state index in [1.54, 1.807) is 0 Å². The molecule has 2 nitrogen and oxygen atoms in total. The van der Waals surface area contributed by atoms with Gasteiger partial charge in [-0.2, -0.15) is 0 Å². The van der Waals surface area contributed by atoms with Crippen LogP contribution in [0.15, 0.2) is 18.2 Å². The normalized spacial score (nSPS) is 29.7. The number of likely N-dealkylation sites (tertiary alicyclic amines) is 1. The zero-order chi connectivity index (χ0) is 13.6. The number of halogens is 2. The second-order valence-corrected chi connectivity index (χ2v) is 6.26. The number of benzene rings is 1. The van der Waals surface area contributed by atoms with Crippen LogP contribution >= 0.6 is 0 Å². The first-order valence-electron chi connectivity index (χ1n) is 6.89. The van der Waals surface area contributed by atoms with Crippen LogP contribution in [0.3, 0.4) is 0 Å². The highest BCUT2D eigenvalue weighted by Gasteiger charge is 2.49. The summed E-state index contributed by atoms with van der Waals surface area (Å²) >= 11 is 0. The minimum Gasteiger partial charge on any atom is -0.316 e. The zero-order valence-corrected chi connectivity index (χ0v) is 11.4. The Bertz CT molecular complexity index is 467. The van der Waals surface area contributed by atoms with E-state index in [1.807, 2.05) is 0 Å². The molecule has 2 saturated heterocycles. The van der Waals surface area contributed by atoms with Crippen molar-refractivity contribution >= 4 is 0 Å². The molecule has 19 heavy (non-hydrogen) atoms.